The molecule has 11 rings (SSSR count). The molecule has 0 radical (unpaired) electrons. The van der Waals surface area contributed by atoms with Crippen LogP contribution in [0.1, 0.15) is 156 Å². The Morgan fingerprint density at radius 1 is 0.508 bits per heavy atom. The first-order valence-corrected chi connectivity index (χ1v) is 25.1. The molecule has 4 heteroatoms. The van der Waals surface area contributed by atoms with Gasteiger partial charge < -0.3 is 9.80 Å². The molecule has 0 atom stereocenters. The van der Waals surface area contributed by atoms with Gasteiger partial charge >= 0.3 is 0 Å². The standard InChI is InChI=1S/C61H67BN2S/c1-56(2,3)36-23-26-39(27-24-36)63-49-32-38(58(7,8)9)33-50-53(49)62(55-54(63)42-34-44-45(35-51(42)65-55)60(12,13)30-29-59(44,10)11)46-31-37(57(4,5)6)25-28-47(46)64(50)48-22-18-20-41-40-19-16-17-21-43(40)61(14,15)52(41)48/h16-28,31-35H,29-30H2,1-15H3. The highest BCUT2D eigenvalue weighted by atomic mass is 32.1. The van der Waals surface area contributed by atoms with Crippen molar-refractivity contribution in [3.05, 3.63) is 148 Å². The van der Waals surface area contributed by atoms with E-state index in [-0.39, 0.29) is 39.2 Å². The van der Waals surface area contributed by atoms with Crippen molar-refractivity contribution >= 4 is 78.0 Å². The molecule has 0 bridgehead atoms. The van der Waals surface area contributed by atoms with E-state index in [9.17, 15) is 0 Å². The van der Waals surface area contributed by atoms with Crippen molar-refractivity contribution in [2.24, 2.45) is 0 Å². The molecule has 0 fully saturated rings. The van der Waals surface area contributed by atoms with Gasteiger partial charge in [0, 0.05) is 43.0 Å². The van der Waals surface area contributed by atoms with E-state index < -0.39 is 0 Å². The maximum atomic E-state index is 2.70. The van der Waals surface area contributed by atoms with E-state index >= 15 is 0 Å². The first-order valence-electron chi connectivity index (χ1n) is 24.3. The summed E-state index contributed by atoms with van der Waals surface area (Å²) in [6.07, 6.45) is 2.39. The first-order chi connectivity index (χ1) is 30.4. The molecule has 3 heterocycles. The van der Waals surface area contributed by atoms with Crippen molar-refractivity contribution in [2.75, 3.05) is 9.80 Å². The van der Waals surface area contributed by atoms with E-state index in [1.165, 1.54) is 123 Å². The number of rotatable bonds is 2. The minimum absolute atomic E-state index is 0.0224. The smallest absolute Gasteiger partial charge is 0.264 e. The Kier molecular flexibility index (Phi) is 8.86. The minimum atomic E-state index is -0.188. The molecule has 7 aromatic rings. The van der Waals surface area contributed by atoms with Gasteiger partial charge in [-0.2, -0.15) is 0 Å². The van der Waals surface area contributed by atoms with Gasteiger partial charge in [-0.05, 0) is 149 Å². The summed E-state index contributed by atoms with van der Waals surface area (Å²) in [4.78, 5) is 5.40. The molecule has 330 valence electrons. The molecular formula is C61H67BN2S. The van der Waals surface area contributed by atoms with Crippen LogP contribution in [0, 0.1) is 0 Å². The summed E-state index contributed by atoms with van der Waals surface area (Å²) >= 11 is 2.05. The van der Waals surface area contributed by atoms with Crippen LogP contribution in [0.15, 0.2) is 109 Å². The van der Waals surface area contributed by atoms with Gasteiger partial charge in [0.25, 0.3) is 6.71 Å². The van der Waals surface area contributed by atoms with Crippen LogP contribution in [0.25, 0.3) is 21.2 Å². The van der Waals surface area contributed by atoms with Gasteiger partial charge in [-0.15, -0.1) is 11.3 Å². The molecule has 2 nitrogen and oxygen atoms in total. The zero-order chi connectivity index (χ0) is 46.1. The van der Waals surface area contributed by atoms with E-state index in [2.05, 4.69) is 234 Å². The van der Waals surface area contributed by atoms with Crippen molar-refractivity contribution in [1.82, 2.24) is 0 Å². The fourth-order valence-electron chi connectivity index (χ4n) is 12.1. The summed E-state index contributed by atoms with van der Waals surface area (Å²) in [5.74, 6) is 0. The Morgan fingerprint density at radius 2 is 1.09 bits per heavy atom. The fraction of sp³-hybridized carbons (Fsp3) is 0.377. The van der Waals surface area contributed by atoms with Crippen molar-refractivity contribution in [1.29, 1.82) is 0 Å². The predicted octanol–water partition coefficient (Wildman–Crippen LogP) is 15.5. The molecule has 65 heavy (non-hydrogen) atoms. The lowest BCUT2D eigenvalue weighted by atomic mass is 9.36. The van der Waals surface area contributed by atoms with Gasteiger partial charge in [-0.25, -0.2) is 0 Å². The van der Waals surface area contributed by atoms with Gasteiger partial charge in [-0.3, -0.25) is 0 Å². The van der Waals surface area contributed by atoms with E-state index in [4.69, 9.17) is 0 Å². The highest BCUT2D eigenvalue weighted by molar-refractivity contribution is 7.33. The minimum Gasteiger partial charge on any atom is -0.311 e. The maximum absolute atomic E-state index is 2.70. The summed E-state index contributed by atoms with van der Waals surface area (Å²) in [6, 6.07) is 43.7. The van der Waals surface area contributed by atoms with Crippen LogP contribution in [0.4, 0.5) is 34.1 Å². The molecule has 0 saturated carbocycles. The van der Waals surface area contributed by atoms with E-state index in [0.29, 0.717) is 0 Å². The van der Waals surface area contributed by atoms with Crippen LogP contribution in [-0.4, -0.2) is 6.71 Å². The Hall–Kier alpha value is -5.06. The third-order valence-electron chi connectivity index (χ3n) is 16.2. The number of hydrogen-bond acceptors (Lipinski definition) is 3. The quantitative estimate of drug-likeness (QED) is 0.160. The van der Waals surface area contributed by atoms with E-state index in [0.717, 1.165) is 0 Å². The average molecular weight is 871 g/mol. The molecule has 0 saturated heterocycles. The fourth-order valence-corrected chi connectivity index (χ4v) is 13.4. The van der Waals surface area contributed by atoms with Crippen LogP contribution in [-0.2, 0) is 32.5 Å². The van der Waals surface area contributed by atoms with Crippen molar-refractivity contribution < 1.29 is 0 Å². The second-order valence-corrected chi connectivity index (χ2v) is 26.0. The SMILES string of the molecule is CC(C)(C)c1ccc(N2c3cc(C(C)(C)C)cc4c3B(c3cc(C(C)(C)C)ccc3N4c3cccc4c3C(C)(C)c3ccccc3-4)c3sc4cc5c(cc4c32)C(C)(C)CCC5(C)C)cc1. The molecule has 0 unspecified atom stereocenters. The normalized spacial score (nSPS) is 17.6. The second-order valence-electron chi connectivity index (χ2n) is 24.9. The number of hydrogen-bond donors (Lipinski definition) is 0. The molecule has 6 aromatic carbocycles. The number of benzene rings is 6. The summed E-state index contributed by atoms with van der Waals surface area (Å²) in [6.45, 7) is 36.1. The summed E-state index contributed by atoms with van der Waals surface area (Å²) in [7, 11) is 0. The van der Waals surface area contributed by atoms with Gasteiger partial charge in [0.2, 0.25) is 0 Å². The Balaban J connectivity index is 1.29. The predicted molar refractivity (Wildman–Crippen MR) is 285 cm³/mol. The third kappa shape index (κ3) is 6.17. The van der Waals surface area contributed by atoms with Crippen molar-refractivity contribution in [2.45, 2.75) is 149 Å². The summed E-state index contributed by atoms with van der Waals surface area (Å²) in [5.41, 5.74) is 23.2. The highest BCUT2D eigenvalue weighted by Gasteiger charge is 2.49. The molecular weight excluding hydrogens is 804 g/mol. The Bertz CT molecular complexity index is 3140. The summed E-state index contributed by atoms with van der Waals surface area (Å²) < 4.78 is 2.85. The summed E-state index contributed by atoms with van der Waals surface area (Å²) in [5, 5.41) is 1.39. The van der Waals surface area contributed by atoms with Crippen LogP contribution >= 0.6 is 11.3 Å². The lowest BCUT2D eigenvalue weighted by Gasteiger charge is -2.45. The van der Waals surface area contributed by atoms with Crippen LogP contribution in [0.3, 0.4) is 0 Å². The monoisotopic (exact) mass is 871 g/mol. The zero-order valence-corrected chi connectivity index (χ0v) is 42.5. The molecule has 2 aliphatic heterocycles. The molecule has 4 aliphatic rings. The number of nitrogens with zero attached hydrogens (tertiary/aromatic N) is 2. The first kappa shape index (κ1) is 42.6. The van der Waals surface area contributed by atoms with E-state index in [1.54, 1.807) is 0 Å². The third-order valence-corrected chi connectivity index (χ3v) is 17.4. The van der Waals surface area contributed by atoms with Gasteiger partial charge in [0.05, 0.1) is 11.4 Å². The molecule has 2 aliphatic carbocycles. The van der Waals surface area contributed by atoms with Gasteiger partial charge in [-0.1, -0.05) is 165 Å². The zero-order valence-electron chi connectivity index (χ0n) is 41.7. The maximum Gasteiger partial charge on any atom is 0.264 e. The molecule has 0 amide bonds. The largest absolute Gasteiger partial charge is 0.311 e. The van der Waals surface area contributed by atoms with Crippen LogP contribution in [0.2, 0.25) is 0 Å². The number of fused-ring (bicyclic) bond motifs is 10. The Morgan fingerprint density at radius 3 is 1.74 bits per heavy atom. The van der Waals surface area contributed by atoms with Gasteiger partial charge in [0.1, 0.15) is 0 Å². The Labute approximate surface area is 394 Å². The van der Waals surface area contributed by atoms with Crippen LogP contribution < -0.4 is 25.5 Å². The molecule has 0 N–H and O–H groups in total. The van der Waals surface area contributed by atoms with Crippen molar-refractivity contribution in [3.8, 4) is 11.1 Å². The lowest BCUT2D eigenvalue weighted by molar-refractivity contribution is 0.332. The number of anilines is 6. The van der Waals surface area contributed by atoms with Crippen LogP contribution in [0.5, 0.6) is 0 Å². The second kappa shape index (κ2) is 13.5. The topological polar surface area (TPSA) is 6.48 Å². The van der Waals surface area contributed by atoms with Gasteiger partial charge in [0.15, 0.2) is 0 Å². The van der Waals surface area contributed by atoms with Crippen molar-refractivity contribution in [3.63, 3.8) is 0 Å². The highest BCUT2D eigenvalue weighted by Crippen LogP contribution is 2.57. The van der Waals surface area contributed by atoms with E-state index in [1.807, 2.05) is 0 Å². The lowest BCUT2D eigenvalue weighted by Crippen LogP contribution is -2.60. The average Bonchev–Trinajstić information content (AvgIpc) is 3.72. The number of thiophene rings is 1. The molecule has 1 aromatic heterocycles. The molecule has 0 spiro atoms.